The molecule has 8 heteroatoms. The smallest absolute Gasteiger partial charge is 0.410 e. The maximum atomic E-state index is 12.6. The van der Waals surface area contributed by atoms with Gasteiger partial charge >= 0.3 is 12.1 Å². The quantitative estimate of drug-likeness (QED) is 0.240. The lowest BCUT2D eigenvalue weighted by Crippen LogP contribution is -2.30. The fraction of sp³-hybridized carbons (Fsp3) is 0.303. The predicted octanol–water partition coefficient (Wildman–Crippen LogP) is 6.42. The van der Waals surface area contributed by atoms with Gasteiger partial charge in [0.15, 0.2) is 0 Å². The van der Waals surface area contributed by atoms with Crippen molar-refractivity contribution in [3.05, 3.63) is 108 Å². The topological polar surface area (TPSA) is 102 Å². The Balaban J connectivity index is 0.00000387. The van der Waals surface area contributed by atoms with Gasteiger partial charge in [-0.15, -0.1) is 0 Å². The lowest BCUT2D eigenvalue weighted by atomic mass is 9.90. The second kappa shape index (κ2) is 13.7. The highest BCUT2D eigenvalue weighted by Crippen LogP contribution is 2.29. The third-order valence-electron chi connectivity index (χ3n) is 7.16. The number of amides is 1. The van der Waals surface area contributed by atoms with E-state index in [4.69, 9.17) is 13.9 Å². The molecule has 2 heterocycles. The number of hydrogen-bond acceptors (Lipinski definition) is 6. The Labute approximate surface area is 240 Å². The number of carbonyl (C=O) groups excluding carboxylic acids is 1. The van der Waals surface area contributed by atoms with Gasteiger partial charge in [-0.25, -0.2) is 9.78 Å². The molecule has 0 unspecified atom stereocenters. The van der Waals surface area contributed by atoms with Crippen LogP contribution >= 0.6 is 0 Å². The average molecular weight is 557 g/mol. The van der Waals surface area contributed by atoms with E-state index in [1.54, 1.807) is 0 Å². The summed E-state index contributed by atoms with van der Waals surface area (Å²) in [7, 11) is 0. The number of benzene rings is 3. The van der Waals surface area contributed by atoms with Gasteiger partial charge in [0.2, 0.25) is 5.89 Å². The van der Waals surface area contributed by atoms with Crippen LogP contribution in [-0.4, -0.2) is 46.7 Å². The molecule has 0 radical (unpaired) electrons. The largest absolute Gasteiger partial charge is 0.493 e. The molecule has 1 saturated heterocycles. The van der Waals surface area contributed by atoms with Crippen LogP contribution in [0, 0.1) is 18.8 Å². The number of ether oxygens (including phenoxy) is 2. The highest BCUT2D eigenvalue weighted by Gasteiger charge is 2.40. The van der Waals surface area contributed by atoms with E-state index in [1.807, 2.05) is 91.9 Å². The van der Waals surface area contributed by atoms with E-state index < -0.39 is 18.0 Å². The minimum absolute atomic E-state index is 0. The molecule has 1 aromatic heterocycles. The van der Waals surface area contributed by atoms with Gasteiger partial charge in [0.25, 0.3) is 0 Å². The summed E-state index contributed by atoms with van der Waals surface area (Å²) in [4.78, 5) is 30.7. The van der Waals surface area contributed by atoms with E-state index in [2.05, 4.69) is 4.98 Å². The second-order valence-electron chi connectivity index (χ2n) is 9.98. The van der Waals surface area contributed by atoms with E-state index in [0.29, 0.717) is 31.9 Å². The third kappa shape index (κ3) is 7.54. The van der Waals surface area contributed by atoms with Gasteiger partial charge < -0.3 is 23.9 Å². The number of carboxylic acids is 1. The van der Waals surface area contributed by atoms with E-state index in [-0.39, 0.29) is 26.5 Å². The summed E-state index contributed by atoms with van der Waals surface area (Å²) in [5, 5.41) is 9.78. The van der Waals surface area contributed by atoms with Gasteiger partial charge in [0, 0.05) is 25.1 Å². The molecule has 0 saturated carbocycles. The van der Waals surface area contributed by atoms with Gasteiger partial charge in [-0.1, -0.05) is 68.1 Å². The van der Waals surface area contributed by atoms with Crippen LogP contribution in [0.3, 0.4) is 0 Å². The molecule has 2 atom stereocenters. The Morgan fingerprint density at radius 1 is 0.951 bits per heavy atom. The van der Waals surface area contributed by atoms with Crippen molar-refractivity contribution in [2.75, 3.05) is 19.7 Å². The summed E-state index contributed by atoms with van der Waals surface area (Å²) < 4.78 is 17.2. The average Bonchev–Trinajstić information content (AvgIpc) is 3.57. The molecule has 4 aromatic rings. The molecule has 1 aliphatic heterocycles. The van der Waals surface area contributed by atoms with Crippen LogP contribution in [0.1, 0.15) is 30.0 Å². The second-order valence-corrected chi connectivity index (χ2v) is 9.98. The first kappa shape index (κ1) is 29.4. The Morgan fingerprint density at radius 3 is 2.32 bits per heavy atom. The van der Waals surface area contributed by atoms with Gasteiger partial charge in [-0.05, 0) is 54.7 Å². The lowest BCUT2D eigenvalue weighted by molar-refractivity contribution is -0.142. The first-order chi connectivity index (χ1) is 19.5. The molecule has 8 nitrogen and oxygen atoms in total. The monoisotopic (exact) mass is 556 g/mol. The maximum Gasteiger partial charge on any atom is 0.410 e. The number of aryl methyl sites for hydroxylation is 1. The molecule has 0 spiro atoms. The van der Waals surface area contributed by atoms with E-state index in [0.717, 1.165) is 33.9 Å². The zero-order valence-electron chi connectivity index (χ0n) is 22.4. The maximum absolute atomic E-state index is 12.6. The van der Waals surface area contributed by atoms with Crippen LogP contribution in [0.15, 0.2) is 89.3 Å². The van der Waals surface area contributed by atoms with Crippen LogP contribution in [0.4, 0.5) is 4.79 Å². The van der Waals surface area contributed by atoms with E-state index in [1.165, 1.54) is 4.90 Å². The molecule has 1 aliphatic rings. The molecular weight excluding hydrogens is 520 g/mol. The van der Waals surface area contributed by atoms with Gasteiger partial charge in [0.05, 0.1) is 18.2 Å². The predicted molar refractivity (Wildman–Crippen MR) is 156 cm³/mol. The summed E-state index contributed by atoms with van der Waals surface area (Å²) in [5.74, 6) is 0.351. The Kier molecular flexibility index (Phi) is 9.79. The third-order valence-corrected chi connectivity index (χ3v) is 7.16. The molecule has 214 valence electrons. The van der Waals surface area contributed by atoms with Crippen molar-refractivity contribution in [2.45, 2.75) is 33.8 Å². The minimum atomic E-state index is -0.901. The summed E-state index contributed by atoms with van der Waals surface area (Å²) in [5.41, 5.74) is 3.68. The number of carboxylic acid groups (broad SMARTS) is 1. The first-order valence-corrected chi connectivity index (χ1v) is 13.4. The van der Waals surface area contributed by atoms with Crippen molar-refractivity contribution in [2.24, 2.45) is 11.8 Å². The Bertz CT molecular complexity index is 1420. The van der Waals surface area contributed by atoms with Gasteiger partial charge in [-0.3, -0.25) is 4.79 Å². The van der Waals surface area contributed by atoms with Crippen molar-refractivity contribution >= 4 is 12.1 Å². The standard InChI is InChI=1S/C32H32N2O6.CH4/c1-22-29(33-30(40-22)25-10-6-3-7-11-25)16-17-38-27-14-12-23(13-15-27)18-26-19-34(20-28(26)31(35)36)32(37)39-21-24-8-4-2-5-9-24;/h2-15,26,28H,16-21H2,1H3,(H,35,36);1H4/t26-,28+;/m1./s1. The zero-order chi connectivity index (χ0) is 27.9. The molecular formula is C33H36N2O6. The Hall–Kier alpha value is -4.59. The van der Waals surface area contributed by atoms with Crippen molar-refractivity contribution in [1.29, 1.82) is 0 Å². The molecule has 1 N–H and O–H groups in total. The first-order valence-electron chi connectivity index (χ1n) is 13.4. The van der Waals surface area contributed by atoms with Crippen molar-refractivity contribution in [3.8, 4) is 17.2 Å². The number of carbonyl (C=O) groups is 2. The van der Waals surface area contributed by atoms with E-state index in [9.17, 15) is 14.7 Å². The van der Waals surface area contributed by atoms with E-state index >= 15 is 0 Å². The highest BCUT2D eigenvalue weighted by molar-refractivity contribution is 5.74. The van der Waals surface area contributed by atoms with Crippen LogP contribution in [0.5, 0.6) is 5.75 Å². The number of likely N-dealkylation sites (tertiary alicyclic amines) is 1. The summed E-state index contributed by atoms with van der Waals surface area (Å²) >= 11 is 0. The normalized spacial score (nSPS) is 16.2. The number of aromatic nitrogens is 1. The lowest BCUT2D eigenvalue weighted by Gasteiger charge is -2.16. The molecule has 1 amide bonds. The molecule has 5 rings (SSSR count). The van der Waals surface area contributed by atoms with Gasteiger partial charge in [0.1, 0.15) is 18.1 Å². The van der Waals surface area contributed by atoms with Gasteiger partial charge in [-0.2, -0.15) is 0 Å². The zero-order valence-corrected chi connectivity index (χ0v) is 22.4. The van der Waals surface area contributed by atoms with Crippen molar-refractivity contribution < 1.29 is 28.6 Å². The number of aliphatic carboxylic acids is 1. The van der Waals surface area contributed by atoms with Crippen LogP contribution in [0.2, 0.25) is 0 Å². The molecule has 3 aromatic carbocycles. The number of oxazole rings is 1. The SMILES string of the molecule is C.Cc1oc(-c2ccccc2)nc1CCOc1ccc(C[C@@H]2CN(C(=O)OCc3ccccc3)C[C@@H]2C(=O)O)cc1. The number of rotatable bonds is 10. The fourth-order valence-electron chi connectivity index (χ4n) is 4.97. The number of hydrogen-bond donors (Lipinski definition) is 1. The number of nitrogens with zero attached hydrogens (tertiary/aromatic N) is 2. The fourth-order valence-corrected chi connectivity index (χ4v) is 4.97. The summed E-state index contributed by atoms with van der Waals surface area (Å²) in [6.07, 6.45) is 0.669. The minimum Gasteiger partial charge on any atom is -0.493 e. The van der Waals surface area contributed by atoms with Crippen LogP contribution in [0.25, 0.3) is 11.5 Å². The van der Waals surface area contributed by atoms with Crippen molar-refractivity contribution in [1.82, 2.24) is 9.88 Å². The van der Waals surface area contributed by atoms with Crippen LogP contribution in [-0.2, 0) is 29.0 Å². The molecule has 41 heavy (non-hydrogen) atoms. The molecule has 1 fully saturated rings. The molecule has 0 aliphatic carbocycles. The summed E-state index contributed by atoms with van der Waals surface area (Å²) in [6, 6.07) is 26.9. The van der Waals surface area contributed by atoms with Crippen LogP contribution < -0.4 is 4.74 Å². The Morgan fingerprint density at radius 2 is 1.63 bits per heavy atom. The van der Waals surface area contributed by atoms with Crippen molar-refractivity contribution in [3.63, 3.8) is 0 Å². The highest BCUT2D eigenvalue weighted by atomic mass is 16.6. The molecule has 0 bridgehead atoms. The summed E-state index contributed by atoms with van der Waals surface area (Å²) in [6.45, 7) is 2.99.